The molecular formula is C28H38O2. The van der Waals surface area contributed by atoms with Crippen LogP contribution in [0, 0.1) is 6.92 Å². The summed E-state index contributed by atoms with van der Waals surface area (Å²) in [6.07, 6.45) is 5.43. The first kappa shape index (κ1) is 21.4. The molecule has 0 bridgehead atoms. The Hall–Kier alpha value is -1.80. The van der Waals surface area contributed by atoms with Crippen molar-refractivity contribution in [1.82, 2.24) is 0 Å². The average Bonchev–Trinajstić information content (AvgIpc) is 3.20. The molecule has 0 aromatic heterocycles. The molecule has 4 rings (SSSR count). The van der Waals surface area contributed by atoms with Crippen molar-refractivity contribution in [1.29, 1.82) is 0 Å². The molecule has 2 atom stereocenters. The molecule has 2 nitrogen and oxygen atoms in total. The van der Waals surface area contributed by atoms with Crippen molar-refractivity contribution in [3.8, 4) is 5.75 Å². The van der Waals surface area contributed by atoms with Gasteiger partial charge in [0.05, 0.1) is 0 Å². The van der Waals surface area contributed by atoms with Crippen LogP contribution in [0.1, 0.15) is 124 Å². The van der Waals surface area contributed by atoms with E-state index in [-0.39, 0.29) is 5.60 Å². The minimum Gasteiger partial charge on any atom is -0.488 e. The summed E-state index contributed by atoms with van der Waals surface area (Å²) in [6.45, 7) is 13.3. The third-order valence-electron chi connectivity index (χ3n) is 7.17. The molecule has 0 radical (unpaired) electrons. The van der Waals surface area contributed by atoms with Crippen LogP contribution < -0.4 is 4.74 Å². The highest BCUT2D eigenvalue weighted by Gasteiger charge is 2.38. The number of benzene rings is 2. The van der Waals surface area contributed by atoms with E-state index in [2.05, 4.69) is 71.9 Å². The lowest BCUT2D eigenvalue weighted by Gasteiger charge is -2.40. The highest BCUT2D eigenvalue weighted by Crippen LogP contribution is 2.52. The predicted octanol–water partition coefficient (Wildman–Crippen LogP) is 7.52. The molecule has 162 valence electrons. The highest BCUT2D eigenvalue weighted by molar-refractivity contribution is 5.57. The van der Waals surface area contributed by atoms with Crippen LogP contribution >= 0.6 is 0 Å². The second-order valence-corrected chi connectivity index (χ2v) is 10.6. The Morgan fingerprint density at radius 1 is 1.03 bits per heavy atom. The van der Waals surface area contributed by atoms with Crippen molar-refractivity contribution in [2.45, 2.75) is 103 Å². The molecule has 0 spiro atoms. The maximum Gasteiger partial charge on any atom is 0.124 e. The van der Waals surface area contributed by atoms with Gasteiger partial charge in [-0.2, -0.15) is 0 Å². The van der Waals surface area contributed by atoms with Gasteiger partial charge >= 0.3 is 0 Å². The van der Waals surface area contributed by atoms with E-state index >= 15 is 0 Å². The van der Waals surface area contributed by atoms with Gasteiger partial charge in [0.2, 0.25) is 0 Å². The van der Waals surface area contributed by atoms with E-state index in [1.807, 2.05) is 0 Å². The van der Waals surface area contributed by atoms with Crippen molar-refractivity contribution in [3.63, 3.8) is 0 Å². The standard InChI is InChI=1S/C28H38O2/c1-17(2)22-15-23-24(19(4)16-28(5,6)30-23)25(20-9-7-8-10-20)26(22)27(29)21-13-11-18(3)12-14-21/h11-15,17,19-20,27,29H,7-10,16H2,1-6H3/t19?,27-/m0/s1. The van der Waals surface area contributed by atoms with Gasteiger partial charge in [0.15, 0.2) is 0 Å². The maximum atomic E-state index is 11.7. The molecule has 1 fully saturated rings. The summed E-state index contributed by atoms with van der Waals surface area (Å²) < 4.78 is 6.56. The number of hydrogen-bond acceptors (Lipinski definition) is 2. The van der Waals surface area contributed by atoms with Gasteiger partial charge in [-0.15, -0.1) is 0 Å². The highest BCUT2D eigenvalue weighted by atomic mass is 16.5. The molecule has 0 saturated heterocycles. The second kappa shape index (κ2) is 8.04. The molecule has 1 aliphatic heterocycles. The van der Waals surface area contributed by atoms with Crippen LogP contribution in [0.5, 0.6) is 5.75 Å². The molecule has 2 aliphatic rings. The van der Waals surface area contributed by atoms with Crippen molar-refractivity contribution in [2.75, 3.05) is 0 Å². The first-order valence-electron chi connectivity index (χ1n) is 11.8. The third-order valence-corrected chi connectivity index (χ3v) is 7.17. The summed E-state index contributed by atoms with van der Waals surface area (Å²) in [5.41, 5.74) is 7.25. The van der Waals surface area contributed by atoms with Gasteiger partial charge in [-0.25, -0.2) is 0 Å². The molecule has 1 N–H and O–H groups in total. The minimum atomic E-state index is -0.592. The summed E-state index contributed by atoms with van der Waals surface area (Å²) in [5, 5.41) is 11.7. The molecule has 2 aromatic carbocycles. The molecule has 1 unspecified atom stereocenters. The average molecular weight is 407 g/mol. The Morgan fingerprint density at radius 2 is 1.67 bits per heavy atom. The van der Waals surface area contributed by atoms with Crippen LogP contribution in [0.25, 0.3) is 0 Å². The van der Waals surface area contributed by atoms with Crippen molar-refractivity contribution >= 4 is 0 Å². The van der Waals surface area contributed by atoms with Gasteiger partial charge in [-0.1, -0.05) is 63.4 Å². The Labute approximate surface area is 182 Å². The molecular weight excluding hydrogens is 368 g/mol. The number of fused-ring (bicyclic) bond motifs is 1. The van der Waals surface area contributed by atoms with E-state index in [0.717, 1.165) is 23.3 Å². The monoisotopic (exact) mass is 406 g/mol. The van der Waals surface area contributed by atoms with Gasteiger partial charge in [0, 0.05) is 5.56 Å². The number of aliphatic hydroxyl groups is 1. The van der Waals surface area contributed by atoms with Crippen LogP contribution in [-0.2, 0) is 0 Å². The zero-order valence-electron chi connectivity index (χ0n) is 19.6. The summed E-state index contributed by atoms with van der Waals surface area (Å²) in [6, 6.07) is 10.6. The Balaban J connectivity index is 1.97. The minimum absolute atomic E-state index is 0.148. The largest absolute Gasteiger partial charge is 0.488 e. The molecule has 1 aliphatic carbocycles. The topological polar surface area (TPSA) is 29.5 Å². The van der Waals surface area contributed by atoms with E-state index in [4.69, 9.17) is 4.74 Å². The number of ether oxygens (including phenoxy) is 1. The Morgan fingerprint density at radius 3 is 2.27 bits per heavy atom. The van der Waals surface area contributed by atoms with E-state index in [0.29, 0.717) is 17.8 Å². The van der Waals surface area contributed by atoms with Crippen LogP contribution in [0.4, 0.5) is 0 Å². The van der Waals surface area contributed by atoms with Crippen LogP contribution in [0.15, 0.2) is 30.3 Å². The number of aliphatic hydroxyl groups excluding tert-OH is 1. The fourth-order valence-corrected chi connectivity index (χ4v) is 5.85. The van der Waals surface area contributed by atoms with Crippen molar-refractivity contribution in [3.05, 3.63) is 63.7 Å². The SMILES string of the molecule is Cc1ccc([C@H](O)c2c(C(C)C)cc3c(c2C2CCCC2)C(C)CC(C)(C)O3)cc1. The Bertz CT molecular complexity index is 901. The fourth-order valence-electron chi connectivity index (χ4n) is 5.85. The first-order chi connectivity index (χ1) is 14.2. The number of aryl methyl sites for hydroxylation is 1. The normalized spacial score (nSPS) is 22.1. The van der Waals surface area contributed by atoms with E-state index in [1.54, 1.807) is 0 Å². The lowest BCUT2D eigenvalue weighted by molar-refractivity contribution is 0.0736. The molecule has 1 heterocycles. The maximum absolute atomic E-state index is 11.7. The number of rotatable bonds is 4. The Kier molecular flexibility index (Phi) is 5.74. The molecule has 0 amide bonds. The number of hydrogen-bond donors (Lipinski definition) is 1. The smallest absolute Gasteiger partial charge is 0.124 e. The summed E-state index contributed by atoms with van der Waals surface area (Å²) >= 11 is 0. The van der Waals surface area contributed by atoms with Crippen LogP contribution in [-0.4, -0.2) is 10.7 Å². The van der Waals surface area contributed by atoms with E-state index in [9.17, 15) is 5.11 Å². The second-order valence-electron chi connectivity index (χ2n) is 10.6. The van der Waals surface area contributed by atoms with E-state index in [1.165, 1.54) is 47.9 Å². The quantitative estimate of drug-likeness (QED) is 0.569. The van der Waals surface area contributed by atoms with Crippen molar-refractivity contribution in [2.24, 2.45) is 0 Å². The van der Waals surface area contributed by atoms with Crippen LogP contribution in [0.3, 0.4) is 0 Å². The third kappa shape index (κ3) is 3.91. The zero-order chi connectivity index (χ0) is 21.6. The van der Waals surface area contributed by atoms with E-state index < -0.39 is 6.10 Å². The van der Waals surface area contributed by atoms with Gasteiger partial charge in [0.1, 0.15) is 17.5 Å². The van der Waals surface area contributed by atoms with Gasteiger partial charge < -0.3 is 9.84 Å². The lowest BCUT2D eigenvalue weighted by atomic mass is 9.74. The summed E-state index contributed by atoms with van der Waals surface area (Å²) in [7, 11) is 0. The lowest BCUT2D eigenvalue weighted by Crippen LogP contribution is -2.35. The van der Waals surface area contributed by atoms with Crippen molar-refractivity contribution < 1.29 is 9.84 Å². The zero-order valence-corrected chi connectivity index (χ0v) is 19.6. The molecule has 2 aromatic rings. The summed E-state index contributed by atoms with van der Waals surface area (Å²) in [5.74, 6) is 2.35. The molecule has 1 saturated carbocycles. The predicted molar refractivity (Wildman–Crippen MR) is 125 cm³/mol. The van der Waals surface area contributed by atoms with Gasteiger partial charge in [-0.05, 0) is 86.1 Å². The fraction of sp³-hybridized carbons (Fsp3) is 0.571. The summed E-state index contributed by atoms with van der Waals surface area (Å²) in [4.78, 5) is 0. The molecule has 30 heavy (non-hydrogen) atoms. The van der Waals surface area contributed by atoms with Gasteiger partial charge in [-0.3, -0.25) is 0 Å². The van der Waals surface area contributed by atoms with Crippen LogP contribution in [0.2, 0.25) is 0 Å². The molecule has 2 heteroatoms. The van der Waals surface area contributed by atoms with Gasteiger partial charge in [0.25, 0.3) is 0 Å². The first-order valence-corrected chi connectivity index (χ1v) is 11.8.